The number of rotatable bonds is 2. The summed E-state index contributed by atoms with van der Waals surface area (Å²) in [6.45, 7) is 6.65. The molecule has 6 nitrogen and oxygen atoms in total. The second kappa shape index (κ2) is 5.20. The number of nitrogens with one attached hydrogen (secondary N) is 1. The molecular formula is C12H19N5O. The van der Waals surface area contributed by atoms with Gasteiger partial charge >= 0.3 is 0 Å². The Hall–Kier alpha value is -1.85. The van der Waals surface area contributed by atoms with Crippen LogP contribution < -0.4 is 10.2 Å². The molecular weight excluding hydrogens is 230 g/mol. The zero-order valence-electron chi connectivity index (χ0n) is 11.1. The summed E-state index contributed by atoms with van der Waals surface area (Å²) in [6, 6.07) is 1.94. The molecule has 98 valence electrons. The van der Waals surface area contributed by atoms with Crippen molar-refractivity contribution in [1.29, 1.82) is 0 Å². The molecule has 6 heteroatoms. The molecule has 2 rings (SSSR count). The number of carbonyl (C=O) groups is 1. The molecule has 0 atom stereocenters. The van der Waals surface area contributed by atoms with Gasteiger partial charge in [-0.3, -0.25) is 4.79 Å². The van der Waals surface area contributed by atoms with E-state index in [0.29, 0.717) is 0 Å². The van der Waals surface area contributed by atoms with Crippen molar-refractivity contribution < 1.29 is 4.79 Å². The lowest BCUT2D eigenvalue weighted by atomic mass is 10.3. The highest BCUT2D eigenvalue weighted by Crippen LogP contribution is 2.17. The van der Waals surface area contributed by atoms with Gasteiger partial charge in [0.1, 0.15) is 17.5 Å². The van der Waals surface area contributed by atoms with E-state index in [0.717, 1.165) is 43.6 Å². The SMILES string of the molecule is CNc1cc(N2CCN(C(C)=O)CC2)nc(C)n1. The smallest absolute Gasteiger partial charge is 0.219 e. The Kier molecular flexibility index (Phi) is 3.64. The van der Waals surface area contributed by atoms with Gasteiger partial charge in [0.25, 0.3) is 0 Å². The first-order valence-electron chi connectivity index (χ1n) is 6.14. The number of anilines is 2. The lowest BCUT2D eigenvalue weighted by Crippen LogP contribution is -2.48. The Morgan fingerprint density at radius 1 is 1.28 bits per heavy atom. The first-order chi connectivity index (χ1) is 8.60. The van der Waals surface area contributed by atoms with Crippen LogP contribution in [-0.4, -0.2) is 54.0 Å². The maximum absolute atomic E-state index is 11.3. The van der Waals surface area contributed by atoms with Gasteiger partial charge in [0.2, 0.25) is 5.91 Å². The normalized spacial score (nSPS) is 15.7. The van der Waals surface area contributed by atoms with Crippen LogP contribution in [0.15, 0.2) is 6.07 Å². The molecule has 1 aromatic rings. The number of carbonyl (C=O) groups excluding carboxylic acids is 1. The van der Waals surface area contributed by atoms with E-state index in [4.69, 9.17) is 0 Å². The van der Waals surface area contributed by atoms with Crippen molar-refractivity contribution in [3.8, 4) is 0 Å². The lowest BCUT2D eigenvalue weighted by molar-refractivity contribution is -0.129. The summed E-state index contributed by atoms with van der Waals surface area (Å²) in [6.07, 6.45) is 0. The summed E-state index contributed by atoms with van der Waals surface area (Å²) in [7, 11) is 1.85. The van der Waals surface area contributed by atoms with Gasteiger partial charge in [0, 0.05) is 46.2 Å². The molecule has 0 aromatic carbocycles. The van der Waals surface area contributed by atoms with Gasteiger partial charge in [0.15, 0.2) is 0 Å². The average molecular weight is 249 g/mol. The van der Waals surface area contributed by atoms with Crippen LogP contribution in [0.1, 0.15) is 12.7 Å². The molecule has 1 amide bonds. The summed E-state index contributed by atoms with van der Waals surface area (Å²) in [5, 5.41) is 3.03. The van der Waals surface area contributed by atoms with Crippen molar-refractivity contribution in [1.82, 2.24) is 14.9 Å². The van der Waals surface area contributed by atoms with E-state index in [2.05, 4.69) is 20.2 Å². The van der Waals surface area contributed by atoms with Crippen LogP contribution in [-0.2, 0) is 4.79 Å². The number of hydrogen-bond donors (Lipinski definition) is 1. The minimum absolute atomic E-state index is 0.143. The van der Waals surface area contributed by atoms with Crippen molar-refractivity contribution in [2.24, 2.45) is 0 Å². The summed E-state index contributed by atoms with van der Waals surface area (Å²) in [5.41, 5.74) is 0. The zero-order valence-corrected chi connectivity index (χ0v) is 11.1. The van der Waals surface area contributed by atoms with Crippen molar-refractivity contribution in [2.45, 2.75) is 13.8 Å². The molecule has 1 aromatic heterocycles. The molecule has 0 radical (unpaired) electrons. The van der Waals surface area contributed by atoms with E-state index in [9.17, 15) is 4.79 Å². The first-order valence-corrected chi connectivity index (χ1v) is 6.14. The Labute approximate surface area is 107 Å². The van der Waals surface area contributed by atoms with E-state index >= 15 is 0 Å². The minimum Gasteiger partial charge on any atom is -0.373 e. The summed E-state index contributed by atoms with van der Waals surface area (Å²) in [5.74, 6) is 2.65. The molecule has 1 fully saturated rings. The number of nitrogens with zero attached hydrogens (tertiary/aromatic N) is 4. The second-order valence-corrected chi connectivity index (χ2v) is 4.40. The van der Waals surface area contributed by atoms with Crippen LogP contribution >= 0.6 is 0 Å². The number of aryl methyl sites for hydroxylation is 1. The number of amides is 1. The highest BCUT2D eigenvalue weighted by molar-refractivity contribution is 5.73. The molecule has 0 saturated carbocycles. The van der Waals surface area contributed by atoms with Crippen molar-refractivity contribution in [2.75, 3.05) is 43.4 Å². The molecule has 18 heavy (non-hydrogen) atoms. The van der Waals surface area contributed by atoms with E-state index < -0.39 is 0 Å². The van der Waals surface area contributed by atoms with Crippen LogP contribution in [0.4, 0.5) is 11.6 Å². The Morgan fingerprint density at radius 2 is 1.94 bits per heavy atom. The summed E-state index contributed by atoms with van der Waals surface area (Å²) >= 11 is 0. The predicted molar refractivity (Wildman–Crippen MR) is 70.8 cm³/mol. The standard InChI is InChI=1S/C12H19N5O/c1-9-14-11(13-3)8-12(15-9)17-6-4-16(5-7-17)10(2)18/h8H,4-7H2,1-3H3,(H,13,14,15). The third-order valence-corrected chi connectivity index (χ3v) is 3.13. The average Bonchev–Trinajstić information content (AvgIpc) is 2.38. The van der Waals surface area contributed by atoms with Crippen LogP contribution in [0.25, 0.3) is 0 Å². The second-order valence-electron chi connectivity index (χ2n) is 4.40. The Bertz CT molecular complexity index is 440. The van der Waals surface area contributed by atoms with Crippen molar-refractivity contribution in [3.05, 3.63) is 11.9 Å². The molecule has 1 aliphatic heterocycles. The fourth-order valence-electron chi connectivity index (χ4n) is 2.09. The summed E-state index contributed by atoms with van der Waals surface area (Å²) in [4.78, 5) is 24.0. The van der Waals surface area contributed by atoms with Crippen LogP contribution in [0, 0.1) is 6.92 Å². The summed E-state index contributed by atoms with van der Waals surface area (Å²) < 4.78 is 0. The van der Waals surface area contributed by atoms with Gasteiger partial charge in [-0.1, -0.05) is 0 Å². The molecule has 1 aliphatic rings. The quantitative estimate of drug-likeness (QED) is 0.827. The number of aromatic nitrogens is 2. The molecule has 0 spiro atoms. The van der Waals surface area contributed by atoms with Gasteiger partial charge in [-0.2, -0.15) is 0 Å². The van der Waals surface area contributed by atoms with E-state index in [-0.39, 0.29) is 5.91 Å². The molecule has 1 N–H and O–H groups in total. The maximum atomic E-state index is 11.3. The van der Waals surface area contributed by atoms with Gasteiger partial charge < -0.3 is 15.1 Å². The van der Waals surface area contributed by atoms with E-state index in [1.807, 2.05) is 24.9 Å². The largest absolute Gasteiger partial charge is 0.373 e. The molecule has 0 aliphatic carbocycles. The third kappa shape index (κ3) is 2.69. The van der Waals surface area contributed by atoms with E-state index in [1.54, 1.807) is 6.92 Å². The van der Waals surface area contributed by atoms with Crippen molar-refractivity contribution in [3.63, 3.8) is 0 Å². The Balaban J connectivity index is 2.09. The van der Waals surface area contributed by atoms with Gasteiger partial charge in [-0.25, -0.2) is 9.97 Å². The molecule has 2 heterocycles. The minimum atomic E-state index is 0.143. The van der Waals surface area contributed by atoms with Crippen LogP contribution in [0.5, 0.6) is 0 Å². The van der Waals surface area contributed by atoms with Gasteiger partial charge in [-0.05, 0) is 6.92 Å². The highest BCUT2D eigenvalue weighted by Gasteiger charge is 2.20. The van der Waals surface area contributed by atoms with Crippen molar-refractivity contribution >= 4 is 17.5 Å². The Morgan fingerprint density at radius 3 is 2.50 bits per heavy atom. The van der Waals surface area contributed by atoms with Gasteiger partial charge in [0.05, 0.1) is 0 Å². The first kappa shape index (κ1) is 12.6. The topological polar surface area (TPSA) is 61.4 Å². The lowest BCUT2D eigenvalue weighted by Gasteiger charge is -2.35. The molecule has 0 unspecified atom stereocenters. The van der Waals surface area contributed by atoms with Crippen LogP contribution in [0.2, 0.25) is 0 Å². The fraction of sp³-hybridized carbons (Fsp3) is 0.583. The highest BCUT2D eigenvalue weighted by atomic mass is 16.2. The van der Waals surface area contributed by atoms with Gasteiger partial charge in [-0.15, -0.1) is 0 Å². The van der Waals surface area contributed by atoms with E-state index in [1.165, 1.54) is 0 Å². The monoisotopic (exact) mass is 249 g/mol. The number of piperazine rings is 1. The molecule has 1 saturated heterocycles. The third-order valence-electron chi connectivity index (χ3n) is 3.13. The zero-order chi connectivity index (χ0) is 13.1. The fourth-order valence-corrected chi connectivity index (χ4v) is 2.09. The number of hydrogen-bond acceptors (Lipinski definition) is 5. The van der Waals surface area contributed by atoms with Crippen LogP contribution in [0.3, 0.4) is 0 Å². The maximum Gasteiger partial charge on any atom is 0.219 e. The molecule has 0 bridgehead atoms. The predicted octanol–water partition coefficient (Wildman–Crippen LogP) is 0.495.